The van der Waals surface area contributed by atoms with E-state index >= 15 is 0 Å². The number of phenols is 2. The van der Waals surface area contributed by atoms with Crippen molar-refractivity contribution >= 4 is 9.84 Å². The van der Waals surface area contributed by atoms with Crippen molar-refractivity contribution in [2.24, 2.45) is 11.5 Å². The number of nitrogens with two attached hydrogens (primary N) is 2. The fourth-order valence-electron chi connectivity index (χ4n) is 3.36. The minimum absolute atomic E-state index is 0.0111. The van der Waals surface area contributed by atoms with Crippen molar-refractivity contribution in [2.75, 3.05) is 0 Å². The van der Waals surface area contributed by atoms with Crippen LogP contribution < -0.4 is 11.5 Å². The van der Waals surface area contributed by atoms with Crippen LogP contribution in [0.1, 0.15) is 63.8 Å². The lowest BCUT2D eigenvalue weighted by Gasteiger charge is -2.25. The Morgan fingerprint density at radius 2 is 1.03 bits per heavy atom. The first-order chi connectivity index (χ1) is 13.1. The number of phenolic OH excluding ortho intramolecular Hbond substituents is 2. The van der Waals surface area contributed by atoms with Gasteiger partial charge in [-0.25, -0.2) is 8.42 Å². The summed E-state index contributed by atoms with van der Waals surface area (Å²) in [4.78, 5) is 0.0888. The largest absolute Gasteiger partial charge is 0.508 e. The molecule has 0 atom stereocenters. The lowest BCUT2D eigenvalue weighted by atomic mass is 9.85. The third-order valence-corrected chi connectivity index (χ3v) is 6.91. The summed E-state index contributed by atoms with van der Waals surface area (Å²) < 4.78 is 27.4. The molecule has 2 rings (SSSR count). The van der Waals surface area contributed by atoms with Crippen molar-refractivity contribution in [3.8, 4) is 11.5 Å². The molecule has 0 saturated carbocycles. The van der Waals surface area contributed by atoms with Crippen LogP contribution in [0, 0.1) is 0 Å². The van der Waals surface area contributed by atoms with Crippen LogP contribution in [0.3, 0.4) is 0 Å². The number of rotatable bonds is 4. The van der Waals surface area contributed by atoms with E-state index in [4.69, 9.17) is 11.5 Å². The van der Waals surface area contributed by atoms with E-state index in [0.29, 0.717) is 22.3 Å². The molecule has 0 amide bonds. The summed E-state index contributed by atoms with van der Waals surface area (Å²) in [5.74, 6) is 0.0223. The van der Waals surface area contributed by atoms with Crippen LogP contribution in [0.2, 0.25) is 0 Å². The molecule has 7 heteroatoms. The normalized spacial score (nSPS) is 13.0. The van der Waals surface area contributed by atoms with Gasteiger partial charge in [0.25, 0.3) is 0 Å². The van der Waals surface area contributed by atoms with E-state index < -0.39 is 20.7 Å². The van der Waals surface area contributed by atoms with E-state index in [-0.39, 0.29) is 34.4 Å². The van der Waals surface area contributed by atoms with Crippen LogP contribution in [0.4, 0.5) is 0 Å². The van der Waals surface area contributed by atoms with Gasteiger partial charge in [-0.1, -0.05) is 41.5 Å². The standard InChI is InChI=1S/C22H32N2O4S/c1-21(2,3)15-9-19(13(11-23)7-17(15)25)29(27,28)20-10-16(22(4,5)6)18(26)8-14(20)12-24/h7-10,25-26H,11-12,23-24H2,1-6H3. The van der Waals surface area contributed by atoms with Crippen molar-refractivity contribution in [3.63, 3.8) is 0 Å². The maximum Gasteiger partial charge on any atom is 0.207 e. The van der Waals surface area contributed by atoms with E-state index in [1.165, 1.54) is 24.3 Å². The summed E-state index contributed by atoms with van der Waals surface area (Å²) in [6.45, 7) is 11.3. The highest BCUT2D eigenvalue weighted by atomic mass is 32.2. The zero-order valence-corrected chi connectivity index (χ0v) is 18.8. The van der Waals surface area contributed by atoms with Crippen molar-refractivity contribution in [2.45, 2.75) is 75.3 Å². The van der Waals surface area contributed by atoms with Gasteiger partial charge in [0.2, 0.25) is 9.84 Å². The number of benzene rings is 2. The van der Waals surface area contributed by atoms with Gasteiger partial charge in [0.1, 0.15) is 11.5 Å². The van der Waals surface area contributed by atoms with Crippen molar-refractivity contribution < 1.29 is 18.6 Å². The van der Waals surface area contributed by atoms with Gasteiger partial charge in [0.15, 0.2) is 0 Å². The topological polar surface area (TPSA) is 127 Å². The summed E-state index contributed by atoms with van der Waals surface area (Å²) in [7, 11) is -4.01. The summed E-state index contributed by atoms with van der Waals surface area (Å²) in [6.07, 6.45) is 0. The molecular formula is C22H32N2O4S. The molecule has 0 aromatic heterocycles. The Hall–Kier alpha value is -2.09. The quantitative estimate of drug-likeness (QED) is 0.600. The van der Waals surface area contributed by atoms with Gasteiger partial charge in [-0.15, -0.1) is 0 Å². The van der Waals surface area contributed by atoms with Crippen LogP contribution in [-0.4, -0.2) is 18.6 Å². The molecule has 0 fully saturated rings. The molecule has 0 saturated heterocycles. The third-order valence-electron chi connectivity index (χ3n) is 4.99. The van der Waals surface area contributed by atoms with Gasteiger partial charge in [0.05, 0.1) is 9.79 Å². The summed E-state index contributed by atoms with van der Waals surface area (Å²) in [6, 6.07) is 5.83. The van der Waals surface area contributed by atoms with E-state index in [2.05, 4.69) is 0 Å². The fraction of sp³-hybridized carbons (Fsp3) is 0.455. The maximum absolute atomic E-state index is 13.7. The van der Waals surface area contributed by atoms with Gasteiger partial charge < -0.3 is 21.7 Å². The summed E-state index contributed by atoms with van der Waals surface area (Å²) in [5.41, 5.74) is 12.3. The van der Waals surface area contributed by atoms with E-state index in [1.807, 2.05) is 41.5 Å². The lowest BCUT2D eigenvalue weighted by molar-refractivity contribution is 0.444. The minimum Gasteiger partial charge on any atom is -0.508 e. The Balaban J connectivity index is 2.90. The first-order valence-corrected chi connectivity index (χ1v) is 11.0. The van der Waals surface area contributed by atoms with Gasteiger partial charge in [-0.2, -0.15) is 0 Å². The molecule has 0 bridgehead atoms. The molecular weight excluding hydrogens is 388 g/mol. The molecule has 0 aliphatic carbocycles. The molecule has 6 N–H and O–H groups in total. The smallest absolute Gasteiger partial charge is 0.207 e. The van der Waals surface area contributed by atoms with Crippen LogP contribution in [0.25, 0.3) is 0 Å². The van der Waals surface area contributed by atoms with E-state index in [0.717, 1.165) is 0 Å². The summed E-state index contributed by atoms with van der Waals surface area (Å²) >= 11 is 0. The SMILES string of the molecule is CC(C)(C)c1cc(S(=O)(=O)c2cc(C(C)(C)C)c(O)cc2CN)c(CN)cc1O. The molecule has 2 aromatic carbocycles. The second kappa shape index (κ2) is 7.63. The summed E-state index contributed by atoms with van der Waals surface area (Å²) in [5, 5.41) is 20.8. The van der Waals surface area contributed by atoms with Crippen molar-refractivity contribution in [3.05, 3.63) is 46.5 Å². The average molecular weight is 421 g/mol. The monoisotopic (exact) mass is 420 g/mol. The molecule has 2 aromatic rings. The average Bonchev–Trinajstić information content (AvgIpc) is 2.58. The van der Waals surface area contributed by atoms with Crippen molar-refractivity contribution in [1.82, 2.24) is 0 Å². The number of hydrogen-bond acceptors (Lipinski definition) is 6. The third kappa shape index (κ3) is 4.42. The molecule has 0 radical (unpaired) electrons. The first-order valence-electron chi connectivity index (χ1n) is 9.52. The fourth-order valence-corrected chi connectivity index (χ4v) is 5.12. The predicted molar refractivity (Wildman–Crippen MR) is 115 cm³/mol. The lowest BCUT2D eigenvalue weighted by Crippen LogP contribution is -2.18. The molecule has 29 heavy (non-hydrogen) atoms. The zero-order chi connectivity index (χ0) is 22.4. The van der Waals surface area contributed by atoms with Crippen LogP contribution >= 0.6 is 0 Å². The highest BCUT2D eigenvalue weighted by Gasteiger charge is 2.30. The van der Waals surface area contributed by atoms with Crippen LogP contribution in [0.5, 0.6) is 11.5 Å². The minimum atomic E-state index is -4.01. The maximum atomic E-state index is 13.7. The first kappa shape index (κ1) is 23.2. The van der Waals surface area contributed by atoms with Gasteiger partial charge in [0, 0.05) is 24.2 Å². The van der Waals surface area contributed by atoms with Crippen molar-refractivity contribution in [1.29, 1.82) is 0 Å². The molecule has 0 aliphatic rings. The van der Waals surface area contributed by atoms with Crippen LogP contribution in [0.15, 0.2) is 34.1 Å². The van der Waals surface area contributed by atoms with Gasteiger partial charge >= 0.3 is 0 Å². The molecule has 0 heterocycles. The highest BCUT2D eigenvalue weighted by Crippen LogP contribution is 2.39. The van der Waals surface area contributed by atoms with Gasteiger partial charge in [-0.05, 0) is 46.2 Å². The Morgan fingerprint density at radius 3 is 1.28 bits per heavy atom. The number of aromatic hydroxyl groups is 2. The second-order valence-corrected chi connectivity index (χ2v) is 11.3. The highest BCUT2D eigenvalue weighted by molar-refractivity contribution is 7.91. The Morgan fingerprint density at radius 1 is 0.724 bits per heavy atom. The second-order valence-electron chi connectivity index (χ2n) is 9.37. The Labute approximate surface area is 173 Å². The zero-order valence-electron chi connectivity index (χ0n) is 18.0. The number of sulfone groups is 1. The Bertz CT molecular complexity index is 953. The molecule has 6 nitrogen and oxygen atoms in total. The Kier molecular flexibility index (Phi) is 6.10. The molecule has 0 aliphatic heterocycles. The molecule has 0 spiro atoms. The van der Waals surface area contributed by atoms with E-state index in [9.17, 15) is 18.6 Å². The predicted octanol–water partition coefficient (Wildman–Crippen LogP) is 3.44. The number of hydrogen-bond donors (Lipinski definition) is 4. The van der Waals surface area contributed by atoms with E-state index in [1.54, 1.807) is 0 Å². The van der Waals surface area contributed by atoms with Gasteiger partial charge in [-0.3, -0.25) is 0 Å². The molecule has 160 valence electrons. The molecule has 0 unspecified atom stereocenters. The van der Waals surface area contributed by atoms with Crippen LogP contribution in [-0.2, 0) is 33.8 Å².